The van der Waals surface area contributed by atoms with Gasteiger partial charge in [0.1, 0.15) is 16.8 Å². The van der Waals surface area contributed by atoms with Gasteiger partial charge in [0, 0.05) is 37.9 Å². The summed E-state index contributed by atoms with van der Waals surface area (Å²) in [5.74, 6) is -0.501. The van der Waals surface area contributed by atoms with Crippen molar-refractivity contribution in [3.8, 4) is 0 Å². The molecule has 2 rings (SSSR count). The first kappa shape index (κ1) is 20.7. The van der Waals surface area contributed by atoms with Crippen LogP contribution in [0.2, 0.25) is 10.4 Å². The van der Waals surface area contributed by atoms with Gasteiger partial charge in [-0.15, -0.1) is 0 Å². The lowest BCUT2D eigenvalue weighted by atomic mass is 10.1. The highest BCUT2D eigenvalue weighted by Crippen LogP contribution is 2.21. The van der Waals surface area contributed by atoms with E-state index in [0.717, 1.165) is 0 Å². The highest BCUT2D eigenvalue weighted by molar-refractivity contribution is 6.32. The Kier molecular flexibility index (Phi) is 6.65. The summed E-state index contributed by atoms with van der Waals surface area (Å²) in [5, 5.41) is 0.329. The molecule has 2 heterocycles. The molecule has 8 nitrogen and oxygen atoms in total. The summed E-state index contributed by atoms with van der Waals surface area (Å²) >= 11 is 11.8. The number of ether oxygens (including phenoxy) is 2. The van der Waals surface area contributed by atoms with Crippen molar-refractivity contribution in [1.29, 1.82) is 0 Å². The molecule has 1 aromatic heterocycles. The zero-order chi connectivity index (χ0) is 19.5. The summed E-state index contributed by atoms with van der Waals surface area (Å²) in [4.78, 5) is 35.8. The second-order valence-electron chi connectivity index (χ2n) is 6.90. The van der Waals surface area contributed by atoms with Crippen LogP contribution in [0.5, 0.6) is 0 Å². The fourth-order valence-electron chi connectivity index (χ4n) is 2.57. The average Bonchev–Trinajstić information content (AvgIpc) is 2.55. The van der Waals surface area contributed by atoms with E-state index in [1.54, 1.807) is 27.0 Å². The zero-order valence-corrected chi connectivity index (χ0v) is 16.7. The lowest BCUT2D eigenvalue weighted by molar-refractivity contribution is -0.149. The Bertz CT molecular complexity index is 681. The summed E-state index contributed by atoms with van der Waals surface area (Å²) in [5.41, 5.74) is 0.0358. The van der Waals surface area contributed by atoms with E-state index in [2.05, 4.69) is 9.97 Å². The molecule has 1 saturated heterocycles. The molecule has 0 aliphatic carbocycles. The first-order valence-corrected chi connectivity index (χ1v) is 8.83. The summed E-state index contributed by atoms with van der Waals surface area (Å²) in [7, 11) is 1.29. The molecule has 0 aromatic carbocycles. The van der Waals surface area contributed by atoms with Gasteiger partial charge in [0.2, 0.25) is 5.28 Å². The summed E-state index contributed by atoms with van der Waals surface area (Å²) in [6.45, 7) is 6.88. The summed E-state index contributed by atoms with van der Waals surface area (Å²) < 4.78 is 10.2. The molecule has 1 amide bonds. The molecule has 0 spiro atoms. The minimum absolute atomic E-state index is 0.0703. The smallest absolute Gasteiger partial charge is 0.411 e. The zero-order valence-electron chi connectivity index (χ0n) is 15.2. The maximum atomic E-state index is 12.4. The topological polar surface area (TPSA) is 84.9 Å². The number of amides is 1. The third kappa shape index (κ3) is 5.43. The number of halogens is 2. The van der Waals surface area contributed by atoms with Crippen LogP contribution in [0.3, 0.4) is 0 Å². The minimum atomic E-state index is -0.768. The Morgan fingerprint density at radius 2 is 2.00 bits per heavy atom. The minimum Gasteiger partial charge on any atom is -0.467 e. The number of hydrogen-bond donors (Lipinski definition) is 0. The Morgan fingerprint density at radius 1 is 1.31 bits per heavy atom. The molecule has 1 fully saturated rings. The normalized spacial score (nSPS) is 18.5. The number of methoxy groups -OCH3 is 1. The molecular weight excluding hydrogens is 383 g/mol. The predicted molar refractivity (Wildman–Crippen MR) is 96.1 cm³/mol. The van der Waals surface area contributed by atoms with E-state index in [0.29, 0.717) is 25.2 Å². The molecule has 1 aromatic rings. The molecule has 144 valence electrons. The number of aromatic nitrogens is 2. The summed E-state index contributed by atoms with van der Waals surface area (Å²) in [6.07, 6.45) is 1.01. The molecule has 1 aliphatic heterocycles. The first-order valence-electron chi connectivity index (χ1n) is 8.07. The van der Waals surface area contributed by atoms with Crippen molar-refractivity contribution in [3.63, 3.8) is 0 Å². The van der Waals surface area contributed by atoms with Crippen molar-refractivity contribution >= 4 is 35.3 Å². The lowest BCUT2D eigenvalue weighted by Crippen LogP contribution is -2.59. The lowest BCUT2D eigenvalue weighted by Gasteiger charge is -2.40. The SMILES string of the molecule is COC(=O)C1CN(Cc2cnc(Cl)nc2Cl)CCN1C(=O)OC(C)(C)C. The van der Waals surface area contributed by atoms with Crippen LogP contribution in [0, 0.1) is 0 Å². The van der Waals surface area contributed by atoms with Gasteiger partial charge in [0.25, 0.3) is 0 Å². The van der Waals surface area contributed by atoms with Crippen molar-refractivity contribution in [2.24, 2.45) is 0 Å². The molecule has 1 atom stereocenters. The van der Waals surface area contributed by atoms with Gasteiger partial charge in [-0.05, 0) is 32.4 Å². The maximum absolute atomic E-state index is 12.4. The fourth-order valence-corrected chi connectivity index (χ4v) is 2.94. The molecule has 1 unspecified atom stereocenters. The number of hydrogen-bond acceptors (Lipinski definition) is 7. The largest absolute Gasteiger partial charge is 0.467 e. The van der Waals surface area contributed by atoms with E-state index in [9.17, 15) is 9.59 Å². The number of piperazine rings is 1. The van der Waals surface area contributed by atoms with Gasteiger partial charge in [-0.2, -0.15) is 0 Å². The molecule has 0 radical (unpaired) electrons. The molecule has 26 heavy (non-hydrogen) atoms. The van der Waals surface area contributed by atoms with Crippen LogP contribution in [-0.2, 0) is 20.8 Å². The van der Waals surface area contributed by atoms with Gasteiger partial charge in [-0.3, -0.25) is 9.80 Å². The number of carbonyl (C=O) groups is 2. The number of esters is 1. The molecule has 1 aliphatic rings. The highest BCUT2D eigenvalue weighted by Gasteiger charge is 2.38. The Morgan fingerprint density at radius 3 is 2.58 bits per heavy atom. The predicted octanol–water partition coefficient (Wildman–Crippen LogP) is 2.38. The average molecular weight is 405 g/mol. The van der Waals surface area contributed by atoms with Gasteiger partial charge >= 0.3 is 12.1 Å². The monoisotopic (exact) mass is 404 g/mol. The van der Waals surface area contributed by atoms with Crippen LogP contribution in [0.25, 0.3) is 0 Å². The highest BCUT2D eigenvalue weighted by atomic mass is 35.5. The van der Waals surface area contributed by atoms with Gasteiger partial charge in [0.05, 0.1) is 7.11 Å². The van der Waals surface area contributed by atoms with E-state index >= 15 is 0 Å². The maximum Gasteiger partial charge on any atom is 0.411 e. The fraction of sp³-hybridized carbons (Fsp3) is 0.625. The van der Waals surface area contributed by atoms with E-state index in [-0.39, 0.29) is 17.0 Å². The van der Waals surface area contributed by atoms with Gasteiger partial charge in [-0.1, -0.05) is 11.6 Å². The van der Waals surface area contributed by atoms with Gasteiger partial charge in [-0.25, -0.2) is 19.6 Å². The van der Waals surface area contributed by atoms with Crippen molar-refractivity contribution in [3.05, 3.63) is 22.2 Å². The second-order valence-corrected chi connectivity index (χ2v) is 7.60. The van der Waals surface area contributed by atoms with Gasteiger partial charge < -0.3 is 9.47 Å². The van der Waals surface area contributed by atoms with Crippen molar-refractivity contribution in [2.75, 3.05) is 26.7 Å². The van der Waals surface area contributed by atoms with Crippen molar-refractivity contribution in [2.45, 2.75) is 39.0 Å². The van der Waals surface area contributed by atoms with Gasteiger partial charge in [0.15, 0.2) is 0 Å². The molecule has 0 N–H and O–H groups in total. The number of nitrogens with zero attached hydrogens (tertiary/aromatic N) is 4. The Hall–Kier alpha value is -1.64. The van der Waals surface area contributed by atoms with Crippen LogP contribution in [0.4, 0.5) is 4.79 Å². The van der Waals surface area contributed by atoms with Crippen LogP contribution >= 0.6 is 23.2 Å². The van der Waals surface area contributed by atoms with E-state index in [1.165, 1.54) is 12.0 Å². The van der Waals surface area contributed by atoms with E-state index in [4.69, 9.17) is 32.7 Å². The standard InChI is InChI=1S/C16H22Cl2N4O4/c1-16(2,3)26-15(24)22-6-5-21(9-11(22)13(23)25-4)8-10-7-19-14(18)20-12(10)17/h7,11H,5-6,8-9H2,1-4H3. The van der Waals surface area contributed by atoms with E-state index < -0.39 is 23.7 Å². The quantitative estimate of drug-likeness (QED) is 0.434. The van der Waals surface area contributed by atoms with Crippen molar-refractivity contribution in [1.82, 2.24) is 19.8 Å². The van der Waals surface area contributed by atoms with Crippen LogP contribution in [0.1, 0.15) is 26.3 Å². The first-order chi connectivity index (χ1) is 12.1. The van der Waals surface area contributed by atoms with Crippen LogP contribution in [-0.4, -0.2) is 70.2 Å². The third-order valence-corrected chi connectivity index (χ3v) is 4.25. The molecule has 0 bridgehead atoms. The Balaban J connectivity index is 2.11. The van der Waals surface area contributed by atoms with Crippen molar-refractivity contribution < 1.29 is 19.1 Å². The molecule has 0 saturated carbocycles. The van der Waals surface area contributed by atoms with Crippen LogP contribution in [0.15, 0.2) is 6.20 Å². The number of rotatable bonds is 3. The molecular formula is C16H22Cl2N4O4. The Labute approximate surface area is 162 Å². The third-order valence-electron chi connectivity index (χ3n) is 3.74. The van der Waals surface area contributed by atoms with Crippen LogP contribution < -0.4 is 0 Å². The number of carbonyl (C=O) groups excluding carboxylic acids is 2. The summed E-state index contributed by atoms with van der Waals surface area (Å²) in [6, 6.07) is -0.768. The van der Waals surface area contributed by atoms with E-state index in [1.807, 2.05) is 4.90 Å². The molecule has 10 heteroatoms. The second kappa shape index (κ2) is 8.37.